The Kier molecular flexibility index (Phi) is 6.57. The van der Waals surface area contributed by atoms with Gasteiger partial charge in [-0.05, 0) is 42.7 Å². The number of para-hydroxylation sites is 1. The van der Waals surface area contributed by atoms with E-state index >= 15 is 0 Å². The van der Waals surface area contributed by atoms with Crippen molar-refractivity contribution >= 4 is 28.9 Å². The van der Waals surface area contributed by atoms with Gasteiger partial charge in [-0.15, -0.1) is 0 Å². The Morgan fingerprint density at radius 1 is 0.920 bits per heavy atom. The summed E-state index contributed by atoms with van der Waals surface area (Å²) in [6.45, 7) is 6.10. The second-order valence-electron chi connectivity index (χ2n) is 5.85. The topological polar surface area (TPSA) is 70.2 Å². The largest absolute Gasteiger partial charge is 0.376 e. The van der Waals surface area contributed by atoms with Crippen molar-refractivity contribution in [1.29, 1.82) is 0 Å². The Hall–Kier alpha value is -2.82. The Morgan fingerprint density at radius 3 is 2.20 bits per heavy atom. The summed E-state index contributed by atoms with van der Waals surface area (Å²) in [6.07, 6.45) is 1.32. The highest BCUT2D eigenvalue weighted by Crippen LogP contribution is 2.21. The predicted molar refractivity (Wildman–Crippen MR) is 103 cm³/mol. The van der Waals surface area contributed by atoms with Crippen LogP contribution in [0.25, 0.3) is 0 Å². The molecule has 0 aliphatic heterocycles. The molecule has 2 amide bonds. The molecule has 2 rings (SSSR count). The van der Waals surface area contributed by atoms with E-state index in [4.69, 9.17) is 0 Å². The van der Waals surface area contributed by atoms with Crippen LogP contribution in [0.5, 0.6) is 0 Å². The molecular weight excluding hydrogens is 314 g/mol. The van der Waals surface area contributed by atoms with E-state index in [0.29, 0.717) is 17.8 Å². The van der Waals surface area contributed by atoms with Crippen LogP contribution >= 0.6 is 0 Å². The number of carbonyl (C=O) groups is 2. The first-order chi connectivity index (χ1) is 12.0. The van der Waals surface area contributed by atoms with Crippen LogP contribution in [-0.4, -0.2) is 18.4 Å². The fraction of sp³-hybridized carbons (Fsp3) is 0.300. The molecule has 25 heavy (non-hydrogen) atoms. The van der Waals surface area contributed by atoms with Crippen molar-refractivity contribution in [2.75, 3.05) is 22.5 Å². The maximum Gasteiger partial charge on any atom is 0.243 e. The quantitative estimate of drug-likeness (QED) is 0.715. The predicted octanol–water partition coefficient (Wildman–Crippen LogP) is 3.96. The van der Waals surface area contributed by atoms with E-state index in [1.54, 1.807) is 31.2 Å². The van der Waals surface area contributed by atoms with Gasteiger partial charge in [-0.3, -0.25) is 9.59 Å². The maximum absolute atomic E-state index is 12.2. The molecule has 0 fully saturated rings. The van der Waals surface area contributed by atoms with Crippen LogP contribution in [0, 0.1) is 6.92 Å². The maximum atomic E-state index is 12.2. The van der Waals surface area contributed by atoms with Crippen molar-refractivity contribution in [3.8, 4) is 0 Å². The zero-order valence-corrected chi connectivity index (χ0v) is 15.0. The minimum Gasteiger partial charge on any atom is -0.376 e. The third-order valence-corrected chi connectivity index (χ3v) is 3.92. The number of hydrogen-bond donors (Lipinski definition) is 3. The first kappa shape index (κ1) is 18.5. The van der Waals surface area contributed by atoms with Gasteiger partial charge in [-0.2, -0.15) is 0 Å². The molecule has 0 heterocycles. The van der Waals surface area contributed by atoms with Gasteiger partial charge in [0, 0.05) is 23.5 Å². The minimum atomic E-state index is -0.135. The minimum absolute atomic E-state index is 0.0585. The summed E-state index contributed by atoms with van der Waals surface area (Å²) in [6, 6.07) is 13.2. The van der Waals surface area contributed by atoms with Gasteiger partial charge in [-0.25, -0.2) is 0 Å². The lowest BCUT2D eigenvalue weighted by Crippen LogP contribution is -2.22. The summed E-state index contributed by atoms with van der Waals surface area (Å²) in [4.78, 5) is 23.7. The van der Waals surface area contributed by atoms with Crippen molar-refractivity contribution in [2.45, 2.75) is 33.6 Å². The third kappa shape index (κ3) is 5.35. The van der Waals surface area contributed by atoms with Crippen LogP contribution < -0.4 is 16.0 Å². The summed E-state index contributed by atoms with van der Waals surface area (Å²) in [5.41, 5.74) is 4.66. The molecule has 0 unspecified atom stereocenters. The summed E-state index contributed by atoms with van der Waals surface area (Å²) in [5, 5.41) is 8.85. The highest BCUT2D eigenvalue weighted by molar-refractivity contribution is 5.95. The first-order valence-electron chi connectivity index (χ1n) is 8.55. The smallest absolute Gasteiger partial charge is 0.243 e. The lowest BCUT2D eigenvalue weighted by molar-refractivity contribution is -0.116. The van der Waals surface area contributed by atoms with Crippen molar-refractivity contribution in [3.63, 3.8) is 0 Å². The van der Waals surface area contributed by atoms with Gasteiger partial charge in [0.25, 0.3) is 0 Å². The molecule has 132 valence electrons. The zero-order valence-electron chi connectivity index (χ0n) is 15.0. The standard InChI is InChI=1S/C20H25N3O2/c1-4-15-9-6-8-14(3)20(15)21-13-19(25)23-17-11-7-10-16(12-17)22-18(24)5-2/h6-12,21H,4-5,13H2,1-3H3,(H,22,24)(H,23,25). The number of hydrogen-bond acceptors (Lipinski definition) is 3. The van der Waals surface area contributed by atoms with Crippen LogP contribution in [0.3, 0.4) is 0 Å². The van der Waals surface area contributed by atoms with E-state index in [1.165, 1.54) is 5.56 Å². The summed E-state index contributed by atoms with van der Waals surface area (Å²) in [5.74, 6) is -0.193. The van der Waals surface area contributed by atoms with Crippen LogP contribution in [-0.2, 0) is 16.0 Å². The second-order valence-corrected chi connectivity index (χ2v) is 5.85. The number of benzene rings is 2. The molecule has 0 radical (unpaired) electrons. The Morgan fingerprint density at radius 2 is 1.56 bits per heavy atom. The van der Waals surface area contributed by atoms with E-state index in [1.807, 2.05) is 19.1 Å². The Labute approximate surface area is 148 Å². The molecule has 0 aliphatic carbocycles. The van der Waals surface area contributed by atoms with Crippen molar-refractivity contribution in [1.82, 2.24) is 0 Å². The number of rotatable bonds is 7. The van der Waals surface area contributed by atoms with E-state index < -0.39 is 0 Å². The van der Waals surface area contributed by atoms with E-state index in [9.17, 15) is 9.59 Å². The molecule has 0 bridgehead atoms. The van der Waals surface area contributed by atoms with Crippen molar-refractivity contribution in [3.05, 3.63) is 53.6 Å². The zero-order chi connectivity index (χ0) is 18.2. The molecule has 0 saturated heterocycles. The van der Waals surface area contributed by atoms with Crippen LogP contribution in [0.4, 0.5) is 17.1 Å². The Balaban J connectivity index is 1.97. The molecule has 0 aliphatic rings. The van der Waals surface area contributed by atoms with Crippen LogP contribution in [0.15, 0.2) is 42.5 Å². The van der Waals surface area contributed by atoms with Gasteiger partial charge in [0.05, 0.1) is 6.54 Å². The Bertz CT molecular complexity index is 756. The SMILES string of the molecule is CCC(=O)Nc1cccc(NC(=O)CNc2c(C)cccc2CC)c1. The van der Waals surface area contributed by atoms with Crippen LogP contribution in [0.2, 0.25) is 0 Å². The lowest BCUT2D eigenvalue weighted by atomic mass is 10.1. The van der Waals surface area contributed by atoms with E-state index in [2.05, 4.69) is 28.9 Å². The normalized spacial score (nSPS) is 10.2. The van der Waals surface area contributed by atoms with Gasteiger partial charge in [0.15, 0.2) is 0 Å². The highest BCUT2D eigenvalue weighted by atomic mass is 16.2. The highest BCUT2D eigenvalue weighted by Gasteiger charge is 2.08. The fourth-order valence-electron chi connectivity index (χ4n) is 2.57. The fourth-order valence-corrected chi connectivity index (χ4v) is 2.57. The number of aryl methyl sites for hydroxylation is 2. The molecular formula is C20H25N3O2. The van der Waals surface area contributed by atoms with Crippen molar-refractivity contribution in [2.24, 2.45) is 0 Å². The molecule has 5 nitrogen and oxygen atoms in total. The number of carbonyl (C=O) groups excluding carboxylic acids is 2. The summed E-state index contributed by atoms with van der Waals surface area (Å²) >= 11 is 0. The van der Waals surface area contributed by atoms with Crippen molar-refractivity contribution < 1.29 is 9.59 Å². The average molecular weight is 339 g/mol. The van der Waals surface area contributed by atoms with Crippen LogP contribution in [0.1, 0.15) is 31.4 Å². The summed E-state index contributed by atoms with van der Waals surface area (Å²) < 4.78 is 0. The number of amides is 2. The van der Waals surface area contributed by atoms with Gasteiger partial charge >= 0.3 is 0 Å². The van der Waals surface area contributed by atoms with Gasteiger partial charge < -0.3 is 16.0 Å². The molecule has 2 aromatic carbocycles. The molecule has 0 saturated carbocycles. The van der Waals surface area contributed by atoms with E-state index in [-0.39, 0.29) is 18.4 Å². The molecule has 0 aromatic heterocycles. The van der Waals surface area contributed by atoms with Gasteiger partial charge in [0.1, 0.15) is 0 Å². The molecule has 3 N–H and O–H groups in total. The molecule has 5 heteroatoms. The van der Waals surface area contributed by atoms with E-state index in [0.717, 1.165) is 17.7 Å². The van der Waals surface area contributed by atoms with Gasteiger partial charge in [-0.1, -0.05) is 38.1 Å². The lowest BCUT2D eigenvalue weighted by Gasteiger charge is -2.14. The third-order valence-electron chi connectivity index (χ3n) is 3.92. The number of nitrogens with one attached hydrogen (secondary N) is 3. The first-order valence-corrected chi connectivity index (χ1v) is 8.55. The number of anilines is 3. The molecule has 2 aromatic rings. The average Bonchev–Trinajstić information content (AvgIpc) is 2.60. The monoisotopic (exact) mass is 339 g/mol. The molecule has 0 spiro atoms. The second kappa shape index (κ2) is 8.87. The summed E-state index contributed by atoms with van der Waals surface area (Å²) in [7, 11) is 0. The van der Waals surface area contributed by atoms with Gasteiger partial charge in [0.2, 0.25) is 11.8 Å². The molecule has 0 atom stereocenters.